The van der Waals surface area contributed by atoms with Crippen molar-refractivity contribution in [2.24, 2.45) is 0 Å². The number of ether oxygens (including phenoxy) is 1. The Morgan fingerprint density at radius 3 is 2.28 bits per heavy atom. The summed E-state index contributed by atoms with van der Waals surface area (Å²) in [7, 11) is 0. The van der Waals surface area contributed by atoms with Crippen LogP contribution in [-0.4, -0.2) is 60.8 Å². The lowest BCUT2D eigenvalue weighted by atomic mass is 10.2. The van der Waals surface area contributed by atoms with Gasteiger partial charge < -0.3 is 4.74 Å². The van der Waals surface area contributed by atoms with Gasteiger partial charge in [-0.05, 0) is 27.2 Å². The molecule has 0 aliphatic carbocycles. The van der Waals surface area contributed by atoms with Crippen molar-refractivity contribution in [2.75, 3.05) is 39.3 Å². The van der Waals surface area contributed by atoms with Crippen molar-refractivity contribution in [3.8, 4) is 6.07 Å². The van der Waals surface area contributed by atoms with Crippen molar-refractivity contribution < 1.29 is 4.74 Å². The molecule has 4 nitrogen and oxygen atoms in total. The van der Waals surface area contributed by atoms with Crippen LogP contribution in [0.15, 0.2) is 0 Å². The van der Waals surface area contributed by atoms with Crippen LogP contribution < -0.4 is 0 Å². The fraction of sp³-hybridized carbons (Fsp3) is 0.929. The predicted molar refractivity (Wildman–Crippen MR) is 73.4 cm³/mol. The normalized spacial score (nSPS) is 20.6. The smallest absolute Gasteiger partial charge is 0.0976 e. The second-order valence-electron chi connectivity index (χ2n) is 5.89. The summed E-state index contributed by atoms with van der Waals surface area (Å²) >= 11 is 0. The van der Waals surface area contributed by atoms with E-state index in [1.54, 1.807) is 0 Å². The van der Waals surface area contributed by atoms with E-state index < -0.39 is 0 Å². The summed E-state index contributed by atoms with van der Waals surface area (Å²) in [5.41, 5.74) is -0.0457. The van der Waals surface area contributed by atoms with Gasteiger partial charge in [0.25, 0.3) is 0 Å². The summed E-state index contributed by atoms with van der Waals surface area (Å²) in [4.78, 5) is 4.72. The monoisotopic (exact) mass is 253 g/mol. The molecule has 1 aliphatic rings. The van der Waals surface area contributed by atoms with Crippen molar-refractivity contribution >= 4 is 0 Å². The molecular weight excluding hydrogens is 226 g/mol. The third-order valence-corrected chi connectivity index (χ3v) is 3.33. The first kappa shape index (κ1) is 15.4. The average molecular weight is 253 g/mol. The van der Waals surface area contributed by atoms with Crippen LogP contribution in [0, 0.1) is 11.3 Å². The summed E-state index contributed by atoms with van der Waals surface area (Å²) in [6, 6.07) is 2.48. The van der Waals surface area contributed by atoms with Crippen LogP contribution in [0.25, 0.3) is 0 Å². The molecule has 1 unspecified atom stereocenters. The molecule has 1 aliphatic heterocycles. The molecule has 0 amide bonds. The molecule has 0 aromatic carbocycles. The predicted octanol–water partition coefficient (Wildman–Crippen LogP) is 1.72. The lowest BCUT2D eigenvalue weighted by molar-refractivity contribution is -0.0186. The van der Waals surface area contributed by atoms with Gasteiger partial charge in [-0.3, -0.25) is 9.80 Å². The Morgan fingerprint density at radius 1 is 1.22 bits per heavy atom. The molecule has 0 N–H and O–H groups in total. The molecule has 1 saturated heterocycles. The Labute approximate surface area is 112 Å². The van der Waals surface area contributed by atoms with Gasteiger partial charge >= 0.3 is 0 Å². The number of nitrogens with zero attached hydrogens (tertiary/aromatic N) is 3. The average Bonchev–Trinajstić information content (AvgIpc) is 2.31. The van der Waals surface area contributed by atoms with Crippen LogP contribution >= 0.6 is 0 Å². The van der Waals surface area contributed by atoms with Crippen LogP contribution in [0.4, 0.5) is 0 Å². The minimum Gasteiger partial charge on any atom is -0.375 e. The van der Waals surface area contributed by atoms with E-state index in [4.69, 9.17) is 10.00 Å². The molecule has 0 aromatic heterocycles. The first-order valence-corrected chi connectivity index (χ1v) is 6.96. The number of hydrogen-bond acceptors (Lipinski definition) is 4. The van der Waals surface area contributed by atoms with E-state index in [1.807, 2.05) is 0 Å². The lowest BCUT2D eigenvalue weighted by Gasteiger charge is -2.36. The minimum atomic E-state index is -0.0457. The zero-order chi connectivity index (χ0) is 13.6. The molecule has 1 atom stereocenters. The van der Waals surface area contributed by atoms with Gasteiger partial charge in [0.2, 0.25) is 0 Å². The van der Waals surface area contributed by atoms with Crippen molar-refractivity contribution in [3.05, 3.63) is 0 Å². The Bertz CT molecular complexity index is 272. The second kappa shape index (κ2) is 7.08. The third kappa shape index (κ3) is 5.34. The molecule has 0 spiro atoms. The van der Waals surface area contributed by atoms with Gasteiger partial charge in [0.05, 0.1) is 24.3 Å². The molecular formula is C14H27N3O. The molecule has 1 heterocycles. The number of nitriles is 1. The first-order valence-electron chi connectivity index (χ1n) is 6.96. The summed E-state index contributed by atoms with van der Waals surface area (Å²) in [5, 5.41) is 9.05. The van der Waals surface area contributed by atoms with Gasteiger partial charge in [0.1, 0.15) is 0 Å². The summed E-state index contributed by atoms with van der Waals surface area (Å²) < 4.78 is 5.74. The van der Waals surface area contributed by atoms with Crippen molar-refractivity contribution in [3.63, 3.8) is 0 Å². The number of rotatable bonds is 5. The Morgan fingerprint density at radius 2 is 1.83 bits per heavy atom. The first-order chi connectivity index (χ1) is 8.46. The molecule has 104 valence electrons. The fourth-order valence-electron chi connectivity index (χ4n) is 2.21. The summed E-state index contributed by atoms with van der Waals surface area (Å²) in [6.07, 6.45) is 0.920. The lowest BCUT2D eigenvalue weighted by Crippen LogP contribution is -2.50. The molecule has 0 radical (unpaired) electrons. The Balaban J connectivity index is 2.22. The van der Waals surface area contributed by atoms with Gasteiger partial charge in [0, 0.05) is 32.7 Å². The Hall–Kier alpha value is -0.630. The van der Waals surface area contributed by atoms with E-state index in [-0.39, 0.29) is 11.6 Å². The van der Waals surface area contributed by atoms with Crippen LogP contribution in [0.3, 0.4) is 0 Å². The van der Waals surface area contributed by atoms with Gasteiger partial charge in [0.15, 0.2) is 0 Å². The second-order valence-corrected chi connectivity index (χ2v) is 5.89. The van der Waals surface area contributed by atoms with Gasteiger partial charge in [-0.1, -0.05) is 6.92 Å². The maximum Gasteiger partial charge on any atom is 0.0976 e. The van der Waals surface area contributed by atoms with E-state index in [0.717, 1.165) is 45.8 Å². The van der Waals surface area contributed by atoms with E-state index in [9.17, 15) is 0 Å². The number of hydrogen-bond donors (Lipinski definition) is 0. The van der Waals surface area contributed by atoms with Crippen LogP contribution in [-0.2, 0) is 4.74 Å². The molecule has 4 heteroatoms. The van der Waals surface area contributed by atoms with E-state index in [2.05, 4.69) is 43.6 Å². The SMILES string of the molecule is CCC(C#N)N1CCN(CCOC(C)(C)C)CC1. The topological polar surface area (TPSA) is 39.5 Å². The third-order valence-electron chi connectivity index (χ3n) is 3.33. The molecule has 18 heavy (non-hydrogen) atoms. The van der Waals surface area contributed by atoms with E-state index >= 15 is 0 Å². The largest absolute Gasteiger partial charge is 0.375 e. The van der Waals surface area contributed by atoms with Crippen LogP contribution in [0.1, 0.15) is 34.1 Å². The quantitative estimate of drug-likeness (QED) is 0.748. The maximum atomic E-state index is 9.05. The summed E-state index contributed by atoms with van der Waals surface area (Å²) in [6.45, 7) is 14.2. The highest BCUT2D eigenvalue weighted by Crippen LogP contribution is 2.10. The summed E-state index contributed by atoms with van der Waals surface area (Å²) in [5.74, 6) is 0. The van der Waals surface area contributed by atoms with Crippen molar-refractivity contribution in [1.82, 2.24) is 9.80 Å². The number of piperazine rings is 1. The molecule has 0 bridgehead atoms. The van der Waals surface area contributed by atoms with E-state index in [0.29, 0.717) is 0 Å². The van der Waals surface area contributed by atoms with E-state index in [1.165, 1.54) is 0 Å². The fourth-order valence-corrected chi connectivity index (χ4v) is 2.21. The molecule has 0 aromatic rings. The molecule has 0 saturated carbocycles. The standard InChI is InChI=1S/C14H27N3O/c1-5-13(12-15)17-8-6-16(7-9-17)10-11-18-14(2,3)4/h13H,5-11H2,1-4H3. The Kier molecular flexibility index (Phi) is 6.07. The molecule has 1 rings (SSSR count). The van der Waals surface area contributed by atoms with Crippen LogP contribution in [0.2, 0.25) is 0 Å². The van der Waals surface area contributed by atoms with Gasteiger partial charge in [-0.25, -0.2) is 0 Å². The molecule has 1 fully saturated rings. The maximum absolute atomic E-state index is 9.05. The van der Waals surface area contributed by atoms with Crippen molar-refractivity contribution in [1.29, 1.82) is 5.26 Å². The highest BCUT2D eigenvalue weighted by atomic mass is 16.5. The van der Waals surface area contributed by atoms with Gasteiger partial charge in [-0.15, -0.1) is 0 Å². The van der Waals surface area contributed by atoms with Crippen LogP contribution in [0.5, 0.6) is 0 Å². The zero-order valence-electron chi connectivity index (χ0n) is 12.3. The van der Waals surface area contributed by atoms with Gasteiger partial charge in [-0.2, -0.15) is 5.26 Å². The highest BCUT2D eigenvalue weighted by molar-refractivity contribution is 4.92. The van der Waals surface area contributed by atoms with Crippen molar-refractivity contribution in [2.45, 2.75) is 45.8 Å². The highest BCUT2D eigenvalue weighted by Gasteiger charge is 2.22. The minimum absolute atomic E-state index is 0.0457. The zero-order valence-corrected chi connectivity index (χ0v) is 12.3.